The number of nitrogens with two attached hydrogens (primary N) is 1. The number of aromatic amines is 1. The first-order valence-electron chi connectivity index (χ1n) is 5.93. The van der Waals surface area contributed by atoms with Crippen molar-refractivity contribution >= 4 is 28.8 Å². The monoisotopic (exact) mass is 305 g/mol. The number of methoxy groups -OCH3 is 1. The molecule has 0 unspecified atom stereocenters. The molecule has 0 bridgehead atoms. The Morgan fingerprint density at radius 3 is 2.75 bits per heavy atom. The standard InChI is InChI=1S/C14H12ClN3OS/c1-19-9-5-3-2-4-8(9)12-13(17-18-14(12)16)10-6-7-11(15)20-10/h2-7H,1H3,(H3,16,17,18). The Morgan fingerprint density at radius 1 is 1.25 bits per heavy atom. The van der Waals surface area contributed by atoms with Crippen molar-refractivity contribution in [1.29, 1.82) is 0 Å². The first-order valence-corrected chi connectivity index (χ1v) is 7.13. The molecular formula is C14H12ClN3OS. The Kier molecular flexibility index (Phi) is 3.38. The van der Waals surface area contributed by atoms with Crippen molar-refractivity contribution in [3.8, 4) is 27.4 Å². The van der Waals surface area contributed by atoms with Crippen molar-refractivity contribution in [3.05, 3.63) is 40.7 Å². The summed E-state index contributed by atoms with van der Waals surface area (Å²) in [5.41, 5.74) is 8.60. The number of para-hydroxylation sites is 1. The van der Waals surface area contributed by atoms with E-state index in [1.165, 1.54) is 11.3 Å². The van der Waals surface area contributed by atoms with E-state index in [1.54, 1.807) is 7.11 Å². The highest BCUT2D eigenvalue weighted by Gasteiger charge is 2.18. The third-order valence-electron chi connectivity index (χ3n) is 2.99. The number of ether oxygens (including phenoxy) is 1. The maximum absolute atomic E-state index is 6.01. The highest BCUT2D eigenvalue weighted by molar-refractivity contribution is 7.19. The van der Waals surface area contributed by atoms with Crippen molar-refractivity contribution in [3.63, 3.8) is 0 Å². The van der Waals surface area contributed by atoms with Crippen LogP contribution in [0.1, 0.15) is 0 Å². The highest BCUT2D eigenvalue weighted by atomic mass is 35.5. The molecule has 3 aromatic rings. The molecule has 0 aliphatic carbocycles. The first-order chi connectivity index (χ1) is 9.70. The van der Waals surface area contributed by atoms with Crippen LogP contribution in [-0.2, 0) is 0 Å². The minimum Gasteiger partial charge on any atom is -0.496 e. The summed E-state index contributed by atoms with van der Waals surface area (Å²) in [6.45, 7) is 0. The number of thiophene rings is 1. The van der Waals surface area contributed by atoms with Gasteiger partial charge in [-0.25, -0.2) is 0 Å². The minimum absolute atomic E-state index is 0.439. The topological polar surface area (TPSA) is 63.9 Å². The van der Waals surface area contributed by atoms with Gasteiger partial charge in [0.1, 0.15) is 5.75 Å². The molecule has 102 valence electrons. The summed E-state index contributed by atoms with van der Waals surface area (Å²) in [6, 6.07) is 11.5. The fourth-order valence-electron chi connectivity index (χ4n) is 2.11. The fourth-order valence-corrected chi connectivity index (χ4v) is 3.15. The molecule has 20 heavy (non-hydrogen) atoms. The van der Waals surface area contributed by atoms with E-state index in [2.05, 4.69) is 10.2 Å². The molecule has 1 aromatic carbocycles. The van der Waals surface area contributed by atoms with Crippen LogP contribution in [0.5, 0.6) is 5.75 Å². The highest BCUT2D eigenvalue weighted by Crippen LogP contribution is 2.41. The summed E-state index contributed by atoms with van der Waals surface area (Å²) in [5, 5.41) is 7.09. The zero-order valence-electron chi connectivity index (χ0n) is 10.7. The predicted octanol–water partition coefficient (Wildman–Crippen LogP) is 4.05. The van der Waals surface area contributed by atoms with Crippen LogP contribution in [-0.4, -0.2) is 17.3 Å². The maximum Gasteiger partial charge on any atom is 0.153 e. The van der Waals surface area contributed by atoms with Gasteiger partial charge in [0.25, 0.3) is 0 Å². The van der Waals surface area contributed by atoms with Crippen LogP contribution in [0.2, 0.25) is 4.34 Å². The van der Waals surface area contributed by atoms with Crippen LogP contribution in [0.4, 0.5) is 5.82 Å². The number of halogens is 1. The quantitative estimate of drug-likeness (QED) is 0.767. The number of nitrogens with zero attached hydrogens (tertiary/aromatic N) is 1. The Morgan fingerprint density at radius 2 is 2.05 bits per heavy atom. The Bertz CT molecular complexity index is 750. The van der Waals surface area contributed by atoms with Gasteiger partial charge in [0, 0.05) is 5.56 Å². The number of nitrogen functional groups attached to an aromatic ring is 1. The molecule has 0 atom stereocenters. The third kappa shape index (κ3) is 2.15. The summed E-state index contributed by atoms with van der Waals surface area (Å²) in [5.74, 6) is 1.19. The van der Waals surface area contributed by atoms with E-state index in [0.717, 1.165) is 31.8 Å². The van der Waals surface area contributed by atoms with Crippen LogP contribution < -0.4 is 10.5 Å². The molecular weight excluding hydrogens is 294 g/mol. The average molecular weight is 306 g/mol. The van der Waals surface area contributed by atoms with Crippen LogP contribution in [0.15, 0.2) is 36.4 Å². The van der Waals surface area contributed by atoms with Crippen molar-refractivity contribution in [2.24, 2.45) is 0 Å². The maximum atomic E-state index is 6.01. The number of aromatic nitrogens is 2. The fraction of sp³-hybridized carbons (Fsp3) is 0.0714. The average Bonchev–Trinajstić information content (AvgIpc) is 3.04. The molecule has 6 heteroatoms. The molecule has 2 aromatic heterocycles. The number of nitrogens with one attached hydrogen (secondary N) is 1. The van der Waals surface area contributed by atoms with Gasteiger partial charge in [0.15, 0.2) is 5.82 Å². The number of hydrogen-bond donors (Lipinski definition) is 2. The van der Waals surface area contributed by atoms with Gasteiger partial charge >= 0.3 is 0 Å². The van der Waals surface area contributed by atoms with Crippen molar-refractivity contribution in [2.75, 3.05) is 12.8 Å². The van der Waals surface area contributed by atoms with Gasteiger partial charge in [-0.3, -0.25) is 5.10 Å². The van der Waals surface area contributed by atoms with E-state index in [9.17, 15) is 0 Å². The van der Waals surface area contributed by atoms with Crippen LogP contribution in [0, 0.1) is 0 Å². The second-order valence-corrected chi connectivity index (χ2v) is 5.88. The summed E-state index contributed by atoms with van der Waals surface area (Å²) >= 11 is 7.48. The molecule has 0 fully saturated rings. The SMILES string of the molecule is COc1ccccc1-c1c(N)n[nH]c1-c1ccc(Cl)s1. The van der Waals surface area contributed by atoms with Gasteiger partial charge in [-0.2, -0.15) is 5.10 Å². The summed E-state index contributed by atoms with van der Waals surface area (Å²) in [6.07, 6.45) is 0. The molecule has 3 N–H and O–H groups in total. The first kappa shape index (κ1) is 13.0. The van der Waals surface area contributed by atoms with Gasteiger partial charge in [-0.05, 0) is 18.2 Å². The molecule has 2 heterocycles. The molecule has 0 saturated heterocycles. The lowest BCUT2D eigenvalue weighted by Gasteiger charge is -2.08. The van der Waals surface area contributed by atoms with Crippen molar-refractivity contribution in [2.45, 2.75) is 0 Å². The van der Waals surface area contributed by atoms with Gasteiger partial charge in [-0.1, -0.05) is 29.8 Å². The Labute approximate surface area is 125 Å². The van der Waals surface area contributed by atoms with Crippen LogP contribution in [0.3, 0.4) is 0 Å². The molecule has 0 radical (unpaired) electrons. The van der Waals surface area contributed by atoms with Crippen molar-refractivity contribution < 1.29 is 4.74 Å². The normalized spacial score (nSPS) is 10.7. The molecule has 0 spiro atoms. The molecule has 0 amide bonds. The number of anilines is 1. The number of hydrogen-bond acceptors (Lipinski definition) is 4. The molecule has 0 aliphatic rings. The smallest absolute Gasteiger partial charge is 0.153 e. The lowest BCUT2D eigenvalue weighted by molar-refractivity contribution is 0.416. The van der Waals surface area contributed by atoms with Gasteiger partial charge in [0.05, 0.1) is 27.6 Å². The minimum atomic E-state index is 0.439. The second kappa shape index (κ2) is 5.19. The second-order valence-electron chi connectivity index (χ2n) is 4.16. The van der Waals surface area contributed by atoms with Crippen LogP contribution in [0.25, 0.3) is 21.7 Å². The molecule has 0 aliphatic heterocycles. The van der Waals surface area contributed by atoms with E-state index >= 15 is 0 Å². The third-order valence-corrected chi connectivity index (χ3v) is 4.24. The number of rotatable bonds is 3. The number of H-pyrrole nitrogens is 1. The zero-order valence-corrected chi connectivity index (χ0v) is 12.3. The lowest BCUT2D eigenvalue weighted by Crippen LogP contribution is -1.92. The predicted molar refractivity (Wildman–Crippen MR) is 83.3 cm³/mol. The molecule has 4 nitrogen and oxygen atoms in total. The van der Waals surface area contributed by atoms with Gasteiger partial charge in [-0.15, -0.1) is 11.3 Å². The molecule has 0 saturated carbocycles. The van der Waals surface area contributed by atoms with E-state index in [0.29, 0.717) is 5.82 Å². The summed E-state index contributed by atoms with van der Waals surface area (Å²) in [7, 11) is 1.64. The summed E-state index contributed by atoms with van der Waals surface area (Å²) in [4.78, 5) is 0.986. The van der Waals surface area contributed by atoms with E-state index < -0.39 is 0 Å². The van der Waals surface area contributed by atoms with E-state index in [4.69, 9.17) is 22.1 Å². The number of benzene rings is 1. The Balaban J connectivity index is 2.21. The summed E-state index contributed by atoms with van der Waals surface area (Å²) < 4.78 is 6.12. The van der Waals surface area contributed by atoms with Gasteiger partial charge < -0.3 is 10.5 Å². The van der Waals surface area contributed by atoms with Crippen molar-refractivity contribution in [1.82, 2.24) is 10.2 Å². The van der Waals surface area contributed by atoms with Gasteiger partial charge in [0.2, 0.25) is 0 Å². The Hall–Kier alpha value is -1.98. The molecule has 3 rings (SSSR count). The van der Waals surface area contributed by atoms with Crippen LogP contribution >= 0.6 is 22.9 Å². The largest absolute Gasteiger partial charge is 0.496 e. The zero-order chi connectivity index (χ0) is 14.1. The lowest BCUT2D eigenvalue weighted by atomic mass is 10.0. The van der Waals surface area contributed by atoms with E-state index in [-0.39, 0.29) is 0 Å². The van der Waals surface area contributed by atoms with E-state index in [1.807, 2.05) is 36.4 Å².